The lowest BCUT2D eigenvalue weighted by molar-refractivity contribution is 0.389. The van der Waals surface area contributed by atoms with E-state index in [0.717, 1.165) is 24.0 Å². The highest BCUT2D eigenvalue weighted by Crippen LogP contribution is 2.42. The maximum atomic E-state index is 11.9. The van der Waals surface area contributed by atoms with Gasteiger partial charge >= 0.3 is 0 Å². The van der Waals surface area contributed by atoms with Crippen molar-refractivity contribution in [3.8, 4) is 11.5 Å². The summed E-state index contributed by atoms with van der Waals surface area (Å²) >= 11 is 0. The Morgan fingerprint density at radius 1 is 0.800 bits per heavy atom. The maximum absolute atomic E-state index is 11.9. The van der Waals surface area contributed by atoms with Crippen LogP contribution in [0, 0.1) is 17.5 Å². The van der Waals surface area contributed by atoms with Crippen molar-refractivity contribution in [3.63, 3.8) is 0 Å². The first-order valence-corrected chi connectivity index (χ1v) is 8.20. The number of phenolic OH excluding ortho intramolecular Hbond substituents is 2. The lowest BCUT2D eigenvalue weighted by atomic mass is 9.83. The van der Waals surface area contributed by atoms with Gasteiger partial charge in [0.2, 0.25) is 0 Å². The summed E-state index contributed by atoms with van der Waals surface area (Å²) in [6, 6.07) is 5.20. The summed E-state index contributed by atoms with van der Waals surface area (Å²) in [6.07, 6.45) is 7.40. The molecule has 0 unspecified atom stereocenters. The number of hydrogen-bond donors (Lipinski definition) is 2. The van der Waals surface area contributed by atoms with Crippen LogP contribution in [-0.4, -0.2) is 10.2 Å². The lowest BCUT2D eigenvalue weighted by Gasteiger charge is -2.23. The summed E-state index contributed by atoms with van der Waals surface area (Å²) in [7, 11) is 0. The molecule has 2 N–H and O–H groups in total. The number of hydrogen-bond acceptors (Lipinski definition) is 2. The predicted octanol–water partition coefficient (Wildman–Crippen LogP) is 5.89. The van der Waals surface area contributed by atoms with E-state index in [1.807, 2.05) is 0 Å². The van der Waals surface area contributed by atoms with Crippen molar-refractivity contribution in [3.05, 3.63) is 65.5 Å². The Morgan fingerprint density at radius 3 is 1.64 bits per heavy atom. The molecule has 0 heterocycles. The molecule has 0 aliphatic heterocycles. The molecule has 25 heavy (non-hydrogen) atoms. The van der Waals surface area contributed by atoms with Crippen molar-refractivity contribution in [1.29, 1.82) is 0 Å². The van der Waals surface area contributed by atoms with Crippen molar-refractivity contribution in [2.45, 2.75) is 38.0 Å². The van der Waals surface area contributed by atoms with Crippen LogP contribution in [0.1, 0.15) is 49.1 Å². The molecule has 0 aromatic heterocycles. The Bertz CT molecular complexity index is 664. The van der Waals surface area contributed by atoms with Crippen LogP contribution in [0.25, 0.3) is 6.08 Å². The first kappa shape index (κ1) is 18.9. The highest BCUT2D eigenvalue weighted by molar-refractivity contribution is 5.58. The fourth-order valence-corrected chi connectivity index (χ4v) is 3.09. The highest BCUT2D eigenvalue weighted by atomic mass is 19.1. The number of halogens is 3. The van der Waals surface area contributed by atoms with E-state index in [2.05, 4.69) is 6.58 Å². The van der Waals surface area contributed by atoms with Gasteiger partial charge in [-0.25, -0.2) is 13.2 Å². The molecule has 0 spiro atoms. The molecule has 0 saturated heterocycles. The molecule has 0 bridgehead atoms. The van der Waals surface area contributed by atoms with Crippen molar-refractivity contribution >= 4 is 6.08 Å². The Labute approximate surface area is 145 Å². The van der Waals surface area contributed by atoms with E-state index in [1.165, 1.54) is 19.3 Å². The number of phenols is 2. The minimum Gasteiger partial charge on any atom is -0.507 e. The van der Waals surface area contributed by atoms with Crippen LogP contribution in [0.4, 0.5) is 13.2 Å². The zero-order chi connectivity index (χ0) is 18.4. The van der Waals surface area contributed by atoms with E-state index < -0.39 is 17.5 Å². The number of aromatic hydroxyl groups is 2. The predicted molar refractivity (Wildman–Crippen MR) is 92.0 cm³/mol. The van der Waals surface area contributed by atoms with Gasteiger partial charge in [0.15, 0.2) is 0 Å². The number of benzene rings is 2. The van der Waals surface area contributed by atoms with E-state index >= 15 is 0 Å². The molecular weight excluding hydrogens is 329 g/mol. The van der Waals surface area contributed by atoms with E-state index in [0.29, 0.717) is 24.1 Å². The van der Waals surface area contributed by atoms with E-state index in [4.69, 9.17) is 0 Å². The fourth-order valence-electron chi connectivity index (χ4n) is 3.09. The molecule has 1 aliphatic carbocycles. The van der Waals surface area contributed by atoms with Gasteiger partial charge in [0.25, 0.3) is 0 Å². The molecule has 2 aromatic rings. The van der Waals surface area contributed by atoms with Crippen LogP contribution in [-0.2, 0) is 0 Å². The van der Waals surface area contributed by atoms with Crippen LogP contribution in [0.15, 0.2) is 36.9 Å². The van der Waals surface area contributed by atoms with Gasteiger partial charge in [0, 0.05) is 23.8 Å². The van der Waals surface area contributed by atoms with Crippen LogP contribution < -0.4 is 0 Å². The van der Waals surface area contributed by atoms with Crippen molar-refractivity contribution in [2.75, 3.05) is 0 Å². The van der Waals surface area contributed by atoms with Gasteiger partial charge in [-0.05, 0) is 36.5 Å². The molecule has 0 atom stereocenters. The molecule has 5 heteroatoms. The topological polar surface area (TPSA) is 40.5 Å². The second-order valence-corrected chi connectivity index (χ2v) is 6.10. The molecule has 2 aromatic carbocycles. The standard InChI is InChI=1S/C14H18O2.C6H3F3/c1-2-10-8-12(15)14(13(16)9-10)11-6-4-3-5-7-11;7-4-1-5(8)3-6(9)2-4/h2,8-9,11,15-16H,1,3-7H2;1-3H. The average molecular weight is 350 g/mol. The van der Waals surface area contributed by atoms with Gasteiger partial charge in [-0.15, -0.1) is 0 Å². The summed E-state index contributed by atoms with van der Waals surface area (Å²) < 4.78 is 35.8. The minimum absolute atomic E-state index is 0.210. The van der Waals surface area contributed by atoms with E-state index in [1.54, 1.807) is 18.2 Å². The molecule has 134 valence electrons. The van der Waals surface area contributed by atoms with Crippen LogP contribution in [0.5, 0.6) is 11.5 Å². The lowest BCUT2D eigenvalue weighted by Crippen LogP contribution is -2.05. The molecule has 0 radical (unpaired) electrons. The zero-order valence-electron chi connectivity index (χ0n) is 13.8. The van der Waals surface area contributed by atoms with Gasteiger partial charge < -0.3 is 10.2 Å². The SMILES string of the molecule is C=Cc1cc(O)c(C2CCCCC2)c(O)c1.Fc1cc(F)cc(F)c1. The molecule has 1 fully saturated rings. The third-order valence-electron chi connectivity index (χ3n) is 4.24. The molecular formula is C20H21F3O2. The van der Waals surface area contributed by atoms with Crippen LogP contribution in [0.3, 0.4) is 0 Å². The van der Waals surface area contributed by atoms with Crippen molar-refractivity contribution < 1.29 is 23.4 Å². The summed E-state index contributed by atoms with van der Waals surface area (Å²) in [5.41, 5.74) is 1.49. The average Bonchev–Trinajstić information content (AvgIpc) is 2.54. The quantitative estimate of drug-likeness (QED) is 0.709. The molecule has 1 aliphatic rings. The highest BCUT2D eigenvalue weighted by Gasteiger charge is 2.22. The largest absolute Gasteiger partial charge is 0.507 e. The monoisotopic (exact) mass is 350 g/mol. The smallest absolute Gasteiger partial charge is 0.129 e. The minimum atomic E-state index is -0.896. The van der Waals surface area contributed by atoms with Gasteiger partial charge in [0.1, 0.15) is 29.0 Å². The maximum Gasteiger partial charge on any atom is 0.129 e. The second-order valence-electron chi connectivity index (χ2n) is 6.10. The van der Waals surface area contributed by atoms with Gasteiger partial charge in [0.05, 0.1) is 0 Å². The number of rotatable bonds is 2. The zero-order valence-corrected chi connectivity index (χ0v) is 13.8. The first-order chi connectivity index (χ1) is 11.9. The van der Waals surface area contributed by atoms with Crippen molar-refractivity contribution in [1.82, 2.24) is 0 Å². The Morgan fingerprint density at radius 2 is 1.24 bits per heavy atom. The molecule has 0 amide bonds. The van der Waals surface area contributed by atoms with Gasteiger partial charge in [-0.3, -0.25) is 0 Å². The Balaban J connectivity index is 0.000000212. The molecule has 1 saturated carbocycles. The van der Waals surface area contributed by atoms with Gasteiger partial charge in [-0.2, -0.15) is 0 Å². The molecule has 2 nitrogen and oxygen atoms in total. The summed E-state index contributed by atoms with van der Waals surface area (Å²) in [5, 5.41) is 19.9. The fraction of sp³-hybridized carbons (Fsp3) is 0.300. The normalized spacial score (nSPS) is 14.5. The summed E-state index contributed by atoms with van der Waals surface area (Å²) in [5.74, 6) is -1.95. The Hall–Kier alpha value is -2.43. The third-order valence-corrected chi connectivity index (χ3v) is 4.24. The third kappa shape index (κ3) is 5.28. The summed E-state index contributed by atoms with van der Waals surface area (Å²) in [4.78, 5) is 0. The second kappa shape index (κ2) is 8.60. The van der Waals surface area contributed by atoms with E-state index in [-0.39, 0.29) is 11.5 Å². The van der Waals surface area contributed by atoms with Crippen molar-refractivity contribution in [2.24, 2.45) is 0 Å². The van der Waals surface area contributed by atoms with Gasteiger partial charge in [-0.1, -0.05) is 31.9 Å². The van der Waals surface area contributed by atoms with E-state index in [9.17, 15) is 23.4 Å². The molecule has 3 rings (SSSR count). The first-order valence-electron chi connectivity index (χ1n) is 8.20. The summed E-state index contributed by atoms with van der Waals surface area (Å²) in [6.45, 7) is 3.63. The Kier molecular flexibility index (Phi) is 6.51. The van der Waals surface area contributed by atoms with Crippen LogP contribution >= 0.6 is 0 Å². The van der Waals surface area contributed by atoms with Crippen LogP contribution in [0.2, 0.25) is 0 Å².